The van der Waals surface area contributed by atoms with E-state index in [1.807, 2.05) is 17.6 Å². The summed E-state index contributed by atoms with van der Waals surface area (Å²) in [6.07, 6.45) is 3.55. The predicted octanol–water partition coefficient (Wildman–Crippen LogP) is 1.36. The Balaban J connectivity index is 2.22. The molecule has 0 aliphatic carbocycles. The van der Waals surface area contributed by atoms with Gasteiger partial charge in [0.1, 0.15) is 0 Å². The van der Waals surface area contributed by atoms with Gasteiger partial charge < -0.3 is 0 Å². The van der Waals surface area contributed by atoms with Gasteiger partial charge in [-0.25, -0.2) is 5.84 Å². The smallest absolute Gasteiger partial charge is 0.275 e. The number of nitrogens with one attached hydrogen (secondary N) is 1. The number of aromatic nitrogens is 2. The first-order valence-electron chi connectivity index (χ1n) is 4.46. The second kappa shape index (κ2) is 4.77. The summed E-state index contributed by atoms with van der Waals surface area (Å²) < 4.78 is 2.66. The Hall–Kier alpha value is -1.18. The molecule has 16 heavy (non-hydrogen) atoms. The van der Waals surface area contributed by atoms with Crippen molar-refractivity contribution in [3.05, 3.63) is 38.8 Å². The lowest BCUT2D eigenvalue weighted by molar-refractivity contribution is 0.0956. The molecule has 0 saturated heterocycles. The molecule has 2 rings (SSSR count). The molecule has 2 aromatic rings. The summed E-state index contributed by atoms with van der Waals surface area (Å²) in [6.45, 7) is 0.553. The molecular weight excluding hydrogens is 292 g/mol. The lowest BCUT2D eigenvalue weighted by atomic mass is 10.2. The molecule has 0 spiro atoms. The molecule has 0 aliphatic rings. The van der Waals surface area contributed by atoms with Crippen molar-refractivity contribution in [1.29, 1.82) is 0 Å². The molecular formula is C9H9BrN4OS. The molecule has 0 aliphatic heterocycles. The van der Waals surface area contributed by atoms with Crippen LogP contribution >= 0.6 is 27.3 Å². The Bertz CT molecular complexity index is 507. The Morgan fingerprint density at radius 3 is 3.12 bits per heavy atom. The van der Waals surface area contributed by atoms with E-state index in [1.54, 1.807) is 10.9 Å². The van der Waals surface area contributed by atoms with E-state index in [1.165, 1.54) is 11.3 Å². The lowest BCUT2D eigenvalue weighted by Crippen LogP contribution is -2.30. The Labute approximate surface area is 104 Å². The highest BCUT2D eigenvalue weighted by Crippen LogP contribution is 2.18. The second-order valence-corrected chi connectivity index (χ2v) is 4.94. The van der Waals surface area contributed by atoms with Crippen LogP contribution in [-0.4, -0.2) is 15.7 Å². The Morgan fingerprint density at radius 2 is 2.50 bits per heavy atom. The van der Waals surface area contributed by atoms with Crippen molar-refractivity contribution in [3.8, 4) is 0 Å². The molecule has 84 valence electrons. The van der Waals surface area contributed by atoms with Crippen molar-refractivity contribution in [2.75, 3.05) is 0 Å². The maximum absolute atomic E-state index is 11.4. The number of nitrogens with two attached hydrogens (primary N) is 1. The van der Waals surface area contributed by atoms with Gasteiger partial charge in [-0.15, -0.1) is 11.3 Å². The molecule has 0 radical (unpaired) electrons. The van der Waals surface area contributed by atoms with E-state index in [9.17, 15) is 4.79 Å². The molecule has 0 aromatic carbocycles. The topological polar surface area (TPSA) is 72.9 Å². The quantitative estimate of drug-likeness (QED) is 0.511. The van der Waals surface area contributed by atoms with Gasteiger partial charge in [0, 0.05) is 6.20 Å². The highest BCUT2D eigenvalue weighted by atomic mass is 79.9. The fourth-order valence-corrected chi connectivity index (χ4v) is 2.47. The molecule has 5 nitrogen and oxygen atoms in total. The summed E-state index contributed by atoms with van der Waals surface area (Å²) in [4.78, 5) is 12.0. The number of rotatable bonds is 3. The molecule has 1 amide bonds. The van der Waals surface area contributed by atoms with Crippen molar-refractivity contribution < 1.29 is 4.79 Å². The van der Waals surface area contributed by atoms with Crippen LogP contribution in [-0.2, 0) is 6.54 Å². The van der Waals surface area contributed by atoms with Gasteiger partial charge in [0.05, 0.1) is 22.1 Å². The van der Waals surface area contributed by atoms with Crippen LogP contribution in [0.4, 0.5) is 0 Å². The molecule has 2 aromatic heterocycles. The number of hydrogen-bond acceptors (Lipinski definition) is 4. The molecule has 0 atom stereocenters. The monoisotopic (exact) mass is 300 g/mol. The third-order valence-corrected chi connectivity index (χ3v) is 3.38. The summed E-state index contributed by atoms with van der Waals surface area (Å²) in [5, 5.41) is 5.99. The summed E-state index contributed by atoms with van der Waals surface area (Å²) in [5.41, 5.74) is 3.04. The number of hydrazine groups is 1. The number of halogens is 1. The largest absolute Gasteiger partial charge is 0.289 e. The SMILES string of the molecule is NNC(=O)c1sccc1Cn1cc(Br)cn1. The molecule has 2 heterocycles. The van der Waals surface area contributed by atoms with Crippen LogP contribution in [0, 0.1) is 0 Å². The molecule has 0 saturated carbocycles. The zero-order valence-corrected chi connectivity index (χ0v) is 10.6. The van der Waals surface area contributed by atoms with E-state index in [0.717, 1.165) is 10.0 Å². The van der Waals surface area contributed by atoms with Crippen LogP contribution < -0.4 is 11.3 Å². The van der Waals surface area contributed by atoms with E-state index >= 15 is 0 Å². The van der Waals surface area contributed by atoms with E-state index in [2.05, 4.69) is 26.5 Å². The van der Waals surface area contributed by atoms with Crippen molar-refractivity contribution in [2.45, 2.75) is 6.54 Å². The number of nitrogen functional groups attached to an aromatic ring is 1. The highest BCUT2D eigenvalue weighted by molar-refractivity contribution is 9.10. The number of carbonyl (C=O) groups excluding carboxylic acids is 1. The van der Waals surface area contributed by atoms with Gasteiger partial charge in [-0.3, -0.25) is 14.9 Å². The van der Waals surface area contributed by atoms with Crippen LogP contribution in [0.5, 0.6) is 0 Å². The minimum atomic E-state index is -0.267. The predicted molar refractivity (Wildman–Crippen MR) is 65.0 cm³/mol. The average molecular weight is 301 g/mol. The second-order valence-electron chi connectivity index (χ2n) is 3.10. The van der Waals surface area contributed by atoms with Crippen LogP contribution in [0.25, 0.3) is 0 Å². The zero-order valence-electron chi connectivity index (χ0n) is 8.18. The van der Waals surface area contributed by atoms with Gasteiger partial charge in [0.2, 0.25) is 0 Å². The van der Waals surface area contributed by atoms with Gasteiger partial charge in [0.15, 0.2) is 0 Å². The van der Waals surface area contributed by atoms with Gasteiger partial charge >= 0.3 is 0 Å². The Kier molecular flexibility index (Phi) is 3.37. The molecule has 7 heteroatoms. The zero-order chi connectivity index (χ0) is 11.5. The summed E-state index contributed by atoms with van der Waals surface area (Å²) in [5.74, 6) is 4.84. The van der Waals surface area contributed by atoms with E-state index in [0.29, 0.717) is 11.4 Å². The molecule has 0 unspecified atom stereocenters. The maximum Gasteiger partial charge on any atom is 0.275 e. The van der Waals surface area contributed by atoms with Gasteiger partial charge in [-0.2, -0.15) is 5.10 Å². The number of nitrogens with zero attached hydrogens (tertiary/aromatic N) is 2. The number of amides is 1. The van der Waals surface area contributed by atoms with Crippen molar-refractivity contribution in [3.63, 3.8) is 0 Å². The van der Waals surface area contributed by atoms with E-state index in [4.69, 9.17) is 5.84 Å². The maximum atomic E-state index is 11.4. The first-order chi connectivity index (χ1) is 7.70. The number of hydrogen-bond donors (Lipinski definition) is 2. The number of thiophene rings is 1. The molecule has 0 fully saturated rings. The summed E-state index contributed by atoms with van der Waals surface area (Å²) in [6, 6.07) is 1.89. The first kappa shape index (κ1) is 11.3. The minimum absolute atomic E-state index is 0.267. The highest BCUT2D eigenvalue weighted by Gasteiger charge is 2.12. The van der Waals surface area contributed by atoms with Gasteiger partial charge in [0.25, 0.3) is 5.91 Å². The Morgan fingerprint density at radius 1 is 1.69 bits per heavy atom. The third kappa shape index (κ3) is 2.31. The third-order valence-electron chi connectivity index (χ3n) is 2.02. The van der Waals surface area contributed by atoms with Crippen LogP contribution in [0.2, 0.25) is 0 Å². The molecule has 0 bridgehead atoms. The average Bonchev–Trinajstić information content (AvgIpc) is 2.87. The van der Waals surface area contributed by atoms with Crippen molar-refractivity contribution in [1.82, 2.24) is 15.2 Å². The number of carbonyl (C=O) groups is 1. The fourth-order valence-electron chi connectivity index (χ4n) is 1.32. The summed E-state index contributed by atoms with van der Waals surface area (Å²) >= 11 is 4.68. The van der Waals surface area contributed by atoms with Crippen LogP contribution in [0.1, 0.15) is 15.2 Å². The van der Waals surface area contributed by atoms with Crippen molar-refractivity contribution >= 4 is 33.2 Å². The standard InChI is InChI=1S/C9H9BrN4OS/c10-7-3-12-14(5-7)4-6-1-2-16-8(6)9(15)13-11/h1-3,5H,4,11H2,(H,13,15). The molecule has 3 N–H and O–H groups in total. The van der Waals surface area contributed by atoms with Gasteiger partial charge in [-0.05, 0) is 32.9 Å². The summed E-state index contributed by atoms with van der Waals surface area (Å²) in [7, 11) is 0. The van der Waals surface area contributed by atoms with Crippen LogP contribution in [0.15, 0.2) is 28.3 Å². The minimum Gasteiger partial charge on any atom is -0.289 e. The fraction of sp³-hybridized carbons (Fsp3) is 0.111. The van der Waals surface area contributed by atoms with Crippen molar-refractivity contribution in [2.24, 2.45) is 5.84 Å². The lowest BCUT2D eigenvalue weighted by Gasteiger charge is -2.02. The van der Waals surface area contributed by atoms with E-state index < -0.39 is 0 Å². The van der Waals surface area contributed by atoms with Gasteiger partial charge in [-0.1, -0.05) is 0 Å². The first-order valence-corrected chi connectivity index (χ1v) is 6.13. The normalized spacial score (nSPS) is 10.4. The van der Waals surface area contributed by atoms with E-state index in [-0.39, 0.29) is 5.91 Å². The van der Waals surface area contributed by atoms with Crippen LogP contribution in [0.3, 0.4) is 0 Å².